The van der Waals surface area contributed by atoms with Crippen LogP contribution in [0.1, 0.15) is 29.6 Å². The molecule has 5 nitrogen and oxygen atoms in total. The van der Waals surface area contributed by atoms with Crippen molar-refractivity contribution < 1.29 is 13.2 Å². The third-order valence-electron chi connectivity index (χ3n) is 4.74. The maximum Gasteiger partial charge on any atom is 0.258 e. The molecule has 2 aromatic carbocycles. The summed E-state index contributed by atoms with van der Waals surface area (Å²) < 4.78 is 27.5. The van der Waals surface area contributed by atoms with E-state index in [2.05, 4.69) is 6.58 Å². The lowest BCUT2D eigenvalue weighted by atomic mass is 10.1. The minimum absolute atomic E-state index is 0.0199. The highest BCUT2D eigenvalue weighted by molar-refractivity contribution is 7.89. The van der Waals surface area contributed by atoms with E-state index in [1.54, 1.807) is 17.0 Å². The average molecular weight is 419 g/mol. The molecular weight excluding hydrogens is 396 g/mol. The number of hydrogen-bond acceptors (Lipinski definition) is 3. The summed E-state index contributed by atoms with van der Waals surface area (Å²) in [5, 5.41) is 0.122. The largest absolute Gasteiger partial charge is 0.305 e. The molecule has 0 saturated carbocycles. The molecule has 28 heavy (non-hydrogen) atoms. The maximum absolute atomic E-state index is 13.1. The van der Waals surface area contributed by atoms with Crippen molar-refractivity contribution >= 4 is 33.2 Å². The van der Waals surface area contributed by atoms with Gasteiger partial charge in [0.05, 0.1) is 5.02 Å². The smallest absolute Gasteiger partial charge is 0.258 e. The van der Waals surface area contributed by atoms with Crippen molar-refractivity contribution in [3.8, 4) is 0 Å². The minimum Gasteiger partial charge on any atom is -0.305 e. The van der Waals surface area contributed by atoms with Crippen LogP contribution in [-0.4, -0.2) is 38.3 Å². The Morgan fingerprint density at radius 3 is 2.43 bits per heavy atom. The third-order valence-corrected chi connectivity index (χ3v) is 7.12. The SMILES string of the molecule is C=CCN(C(=O)c1ccc(Cl)c(S(=O)(=O)N2CCCCC2)c1)c1ccccc1. The number of nitrogens with zero attached hydrogens (tertiary/aromatic N) is 2. The first-order valence-electron chi connectivity index (χ1n) is 9.22. The van der Waals surface area contributed by atoms with Gasteiger partial charge < -0.3 is 4.90 Å². The van der Waals surface area contributed by atoms with E-state index in [1.165, 1.54) is 16.4 Å². The predicted molar refractivity (Wildman–Crippen MR) is 112 cm³/mol. The number of amides is 1. The molecule has 0 aliphatic carbocycles. The molecule has 0 bridgehead atoms. The van der Waals surface area contributed by atoms with E-state index in [-0.39, 0.29) is 21.4 Å². The van der Waals surface area contributed by atoms with Gasteiger partial charge in [-0.05, 0) is 43.2 Å². The Labute approximate surface area is 171 Å². The summed E-state index contributed by atoms with van der Waals surface area (Å²) in [6, 6.07) is 13.6. The molecule has 0 radical (unpaired) electrons. The molecule has 0 N–H and O–H groups in total. The monoisotopic (exact) mass is 418 g/mol. The van der Waals surface area contributed by atoms with Crippen molar-refractivity contribution in [1.29, 1.82) is 0 Å². The second-order valence-corrected chi connectivity index (χ2v) is 8.96. The summed E-state index contributed by atoms with van der Waals surface area (Å²) in [6.07, 6.45) is 4.31. The average Bonchev–Trinajstić information content (AvgIpc) is 2.73. The molecule has 2 aromatic rings. The molecular formula is C21H23ClN2O3S. The number of anilines is 1. The van der Waals surface area contributed by atoms with Crippen LogP contribution < -0.4 is 4.90 Å². The first-order chi connectivity index (χ1) is 13.4. The molecule has 1 saturated heterocycles. The van der Waals surface area contributed by atoms with Gasteiger partial charge in [0, 0.05) is 30.9 Å². The molecule has 1 fully saturated rings. The fraction of sp³-hybridized carbons (Fsp3) is 0.286. The Balaban J connectivity index is 1.97. The van der Waals surface area contributed by atoms with Crippen molar-refractivity contribution in [1.82, 2.24) is 4.31 Å². The summed E-state index contributed by atoms with van der Waals surface area (Å²) in [5.41, 5.74) is 0.980. The quantitative estimate of drug-likeness (QED) is 0.655. The maximum atomic E-state index is 13.1. The predicted octanol–water partition coefficient (Wildman–Crippen LogP) is 4.35. The van der Waals surface area contributed by atoms with Gasteiger partial charge in [0.15, 0.2) is 0 Å². The van der Waals surface area contributed by atoms with Gasteiger partial charge in [-0.15, -0.1) is 6.58 Å². The van der Waals surface area contributed by atoms with Crippen LogP contribution in [0.4, 0.5) is 5.69 Å². The van der Waals surface area contributed by atoms with E-state index in [0.717, 1.165) is 19.3 Å². The van der Waals surface area contributed by atoms with Gasteiger partial charge >= 0.3 is 0 Å². The number of benzene rings is 2. The Kier molecular flexibility index (Phi) is 6.54. The molecule has 0 atom stereocenters. The van der Waals surface area contributed by atoms with Gasteiger partial charge in [0.25, 0.3) is 5.91 Å². The lowest BCUT2D eigenvalue weighted by Crippen LogP contribution is -2.36. The molecule has 1 aliphatic heterocycles. The number of carbonyl (C=O) groups excluding carboxylic acids is 1. The van der Waals surface area contributed by atoms with Crippen LogP contribution in [0.5, 0.6) is 0 Å². The van der Waals surface area contributed by atoms with Crippen LogP contribution in [0.2, 0.25) is 5.02 Å². The number of carbonyl (C=O) groups is 1. The molecule has 1 aliphatic rings. The van der Waals surface area contributed by atoms with E-state index in [1.807, 2.05) is 30.3 Å². The number of piperidine rings is 1. The summed E-state index contributed by atoms with van der Waals surface area (Å²) in [7, 11) is -3.74. The van der Waals surface area contributed by atoms with Gasteiger partial charge in [-0.1, -0.05) is 42.3 Å². The van der Waals surface area contributed by atoms with Crippen LogP contribution in [0.3, 0.4) is 0 Å². The van der Waals surface area contributed by atoms with Crippen molar-refractivity contribution in [2.75, 3.05) is 24.5 Å². The number of rotatable bonds is 6. The highest BCUT2D eigenvalue weighted by atomic mass is 35.5. The molecule has 7 heteroatoms. The number of para-hydroxylation sites is 1. The fourth-order valence-corrected chi connectivity index (χ4v) is 5.29. The van der Waals surface area contributed by atoms with Gasteiger partial charge in [0.2, 0.25) is 10.0 Å². The standard InChI is InChI=1S/C21H23ClN2O3S/c1-2-13-24(18-9-5-3-6-10-18)21(25)17-11-12-19(22)20(16-17)28(26,27)23-14-7-4-8-15-23/h2-3,5-6,9-12,16H,1,4,7-8,13-15H2. The van der Waals surface area contributed by atoms with Crippen molar-refractivity contribution in [3.63, 3.8) is 0 Å². The third kappa shape index (κ3) is 4.29. The molecule has 0 aromatic heterocycles. The Morgan fingerprint density at radius 1 is 1.11 bits per heavy atom. The zero-order chi connectivity index (χ0) is 20.1. The molecule has 1 amide bonds. The van der Waals surface area contributed by atoms with Crippen LogP contribution >= 0.6 is 11.6 Å². The van der Waals surface area contributed by atoms with E-state index in [0.29, 0.717) is 25.3 Å². The highest BCUT2D eigenvalue weighted by Gasteiger charge is 2.29. The second kappa shape index (κ2) is 8.90. The van der Waals surface area contributed by atoms with Crippen molar-refractivity contribution in [2.24, 2.45) is 0 Å². The molecule has 0 spiro atoms. The zero-order valence-electron chi connectivity index (χ0n) is 15.6. The summed E-state index contributed by atoms with van der Waals surface area (Å²) >= 11 is 6.22. The molecule has 0 unspecified atom stereocenters. The van der Waals surface area contributed by atoms with E-state index >= 15 is 0 Å². The normalized spacial score (nSPS) is 15.2. The summed E-state index contributed by atoms with van der Waals surface area (Å²) in [5.74, 6) is -0.308. The Morgan fingerprint density at radius 2 is 1.79 bits per heavy atom. The number of halogens is 1. The van der Waals surface area contributed by atoms with Crippen molar-refractivity contribution in [2.45, 2.75) is 24.2 Å². The molecule has 3 rings (SSSR count). The topological polar surface area (TPSA) is 57.7 Å². The van der Waals surface area contributed by atoms with Gasteiger partial charge in [-0.25, -0.2) is 8.42 Å². The number of hydrogen-bond donors (Lipinski definition) is 0. The van der Waals surface area contributed by atoms with Gasteiger partial charge in [0.1, 0.15) is 4.90 Å². The number of sulfonamides is 1. The summed E-state index contributed by atoms with van der Waals surface area (Å²) in [4.78, 5) is 14.7. The van der Waals surface area contributed by atoms with E-state index in [4.69, 9.17) is 11.6 Å². The van der Waals surface area contributed by atoms with E-state index in [9.17, 15) is 13.2 Å². The first-order valence-corrected chi connectivity index (χ1v) is 11.0. The second-order valence-electron chi connectivity index (χ2n) is 6.65. The van der Waals surface area contributed by atoms with Crippen LogP contribution in [0.25, 0.3) is 0 Å². The highest BCUT2D eigenvalue weighted by Crippen LogP contribution is 2.29. The lowest BCUT2D eigenvalue weighted by Gasteiger charge is -2.27. The Bertz CT molecular complexity index is 955. The van der Waals surface area contributed by atoms with E-state index < -0.39 is 10.0 Å². The van der Waals surface area contributed by atoms with Crippen molar-refractivity contribution in [3.05, 3.63) is 71.8 Å². The van der Waals surface area contributed by atoms with Crippen LogP contribution in [-0.2, 0) is 10.0 Å². The van der Waals surface area contributed by atoms with Gasteiger partial charge in [-0.2, -0.15) is 4.31 Å². The van der Waals surface area contributed by atoms with Crippen LogP contribution in [0.15, 0.2) is 66.1 Å². The molecule has 148 valence electrons. The first kappa shape index (κ1) is 20.6. The molecule has 1 heterocycles. The van der Waals surface area contributed by atoms with Gasteiger partial charge in [-0.3, -0.25) is 4.79 Å². The Hall–Kier alpha value is -2.15. The lowest BCUT2D eigenvalue weighted by molar-refractivity contribution is 0.0989. The minimum atomic E-state index is -3.74. The zero-order valence-corrected chi connectivity index (χ0v) is 17.1. The summed E-state index contributed by atoms with van der Waals surface area (Å²) in [6.45, 7) is 4.97. The fourth-order valence-electron chi connectivity index (χ4n) is 3.28. The van der Waals surface area contributed by atoms with Crippen LogP contribution in [0, 0.1) is 0 Å².